The van der Waals surface area contributed by atoms with E-state index in [9.17, 15) is 4.79 Å². The van der Waals surface area contributed by atoms with Gasteiger partial charge in [0.25, 0.3) is 11.3 Å². The van der Waals surface area contributed by atoms with Crippen molar-refractivity contribution in [1.82, 2.24) is 0 Å². The summed E-state index contributed by atoms with van der Waals surface area (Å²) >= 11 is 0. The van der Waals surface area contributed by atoms with Gasteiger partial charge in [0.15, 0.2) is 0 Å². The zero-order valence-corrected chi connectivity index (χ0v) is 12.9. The summed E-state index contributed by atoms with van der Waals surface area (Å²) in [6.45, 7) is 1.87. The zero-order chi connectivity index (χ0) is 15.2. The molecule has 0 aliphatic carbocycles. The number of methoxy groups -OCH3 is 1. The van der Waals surface area contributed by atoms with Crippen molar-refractivity contribution in [2.75, 3.05) is 17.9 Å². The number of nitrogens with zero attached hydrogens (tertiary/aromatic N) is 2. The second-order valence-electron chi connectivity index (χ2n) is 4.42. The Bertz CT molecular complexity index is 699. The largest absolute Gasteiger partial charge is 1.00 e. The fraction of sp³-hybridized carbons (Fsp3) is 0.133. The molecule has 0 saturated carbocycles. The minimum absolute atomic E-state index is 0. The molecule has 0 radical (unpaired) electrons. The number of benzene rings is 2. The van der Waals surface area contributed by atoms with Gasteiger partial charge in [-0.15, -0.1) is 0 Å². The van der Waals surface area contributed by atoms with Crippen LogP contribution in [-0.4, -0.2) is 13.0 Å². The average Bonchev–Trinajstić information content (AvgIpc) is 2.50. The summed E-state index contributed by atoms with van der Waals surface area (Å²) in [5.74, 6) is 0.198. The van der Waals surface area contributed by atoms with Crippen molar-refractivity contribution in [2.45, 2.75) is 6.92 Å². The molecule has 6 nitrogen and oxygen atoms in total. The standard InChI is InChI=1S/C15H14N4O2.ClH/c1-10-8-12(18-19-16)14(13(9-10)21-2)17-15(20)11-6-4-3-5-7-11;/h3-9,16H,1-2H3;1H. The Morgan fingerprint density at radius 1 is 1.23 bits per heavy atom. The van der Waals surface area contributed by atoms with Crippen molar-refractivity contribution in [1.29, 1.82) is 5.39 Å². The second-order valence-corrected chi connectivity index (χ2v) is 4.42. The Balaban J connectivity index is 0.00000242. The predicted molar refractivity (Wildman–Crippen MR) is 80.8 cm³/mol. The number of amides is 1. The van der Waals surface area contributed by atoms with Gasteiger partial charge < -0.3 is 22.5 Å². The lowest BCUT2D eigenvalue weighted by Gasteiger charge is -2.13. The van der Waals surface area contributed by atoms with Gasteiger partial charge in [0.2, 0.25) is 0 Å². The SMILES string of the molecule is COc1cc(C)cc(N[N+]#N)c1NC(=O)c1ccccc1.[Cl-]. The Morgan fingerprint density at radius 3 is 2.50 bits per heavy atom. The number of nitrogens with one attached hydrogen (secondary N) is 2. The highest BCUT2D eigenvalue weighted by Gasteiger charge is 2.17. The lowest BCUT2D eigenvalue weighted by atomic mass is 10.1. The van der Waals surface area contributed by atoms with Crippen molar-refractivity contribution in [3.05, 3.63) is 58.7 Å². The fourth-order valence-corrected chi connectivity index (χ4v) is 1.96. The maximum Gasteiger partial charge on any atom is 0.308 e. The molecule has 22 heavy (non-hydrogen) atoms. The number of aryl methyl sites for hydroxylation is 1. The lowest BCUT2D eigenvalue weighted by molar-refractivity contribution is -0.0000124. The van der Waals surface area contributed by atoms with Gasteiger partial charge in [0, 0.05) is 5.56 Å². The minimum Gasteiger partial charge on any atom is -1.00 e. The van der Waals surface area contributed by atoms with E-state index in [1.807, 2.05) is 13.0 Å². The van der Waals surface area contributed by atoms with Crippen LogP contribution in [0.1, 0.15) is 15.9 Å². The Labute approximate surface area is 134 Å². The van der Waals surface area contributed by atoms with E-state index in [0.717, 1.165) is 5.56 Å². The molecule has 2 rings (SSSR count). The molecular weight excluding hydrogens is 304 g/mol. The first-order valence-corrected chi connectivity index (χ1v) is 6.31. The first kappa shape index (κ1) is 17.3. The molecule has 2 aromatic rings. The van der Waals surface area contributed by atoms with E-state index in [1.54, 1.807) is 36.4 Å². The van der Waals surface area contributed by atoms with Crippen molar-refractivity contribution < 1.29 is 21.9 Å². The Kier molecular flexibility index (Phi) is 6.17. The average molecular weight is 319 g/mol. The molecule has 2 aromatic carbocycles. The third-order valence-electron chi connectivity index (χ3n) is 2.91. The molecule has 0 fully saturated rings. The molecule has 2 N–H and O–H groups in total. The summed E-state index contributed by atoms with van der Waals surface area (Å²) in [6, 6.07) is 12.3. The molecule has 0 aliphatic heterocycles. The molecule has 0 atom stereocenters. The highest BCUT2D eigenvalue weighted by Crippen LogP contribution is 2.34. The van der Waals surface area contributed by atoms with E-state index in [0.29, 0.717) is 22.7 Å². The second kappa shape index (κ2) is 7.86. The third-order valence-corrected chi connectivity index (χ3v) is 2.91. The van der Waals surface area contributed by atoms with Crippen molar-refractivity contribution in [3.63, 3.8) is 0 Å². The summed E-state index contributed by atoms with van der Waals surface area (Å²) in [7, 11) is 1.51. The first-order valence-electron chi connectivity index (χ1n) is 6.31. The van der Waals surface area contributed by atoms with E-state index in [1.165, 1.54) is 7.11 Å². The summed E-state index contributed by atoms with van der Waals surface area (Å²) < 4.78 is 5.27. The molecule has 0 aliphatic rings. The maximum atomic E-state index is 12.2. The van der Waals surface area contributed by atoms with Crippen molar-refractivity contribution in [2.24, 2.45) is 0 Å². The van der Waals surface area contributed by atoms with Crippen molar-refractivity contribution in [3.8, 4) is 5.75 Å². The molecule has 0 heterocycles. The van der Waals surface area contributed by atoms with Crippen LogP contribution in [0.25, 0.3) is 5.08 Å². The fourth-order valence-electron chi connectivity index (χ4n) is 1.96. The van der Waals surface area contributed by atoms with Crippen LogP contribution in [0.5, 0.6) is 5.75 Å². The molecule has 7 heteroatoms. The smallest absolute Gasteiger partial charge is 0.308 e. The van der Waals surface area contributed by atoms with Crippen LogP contribution in [0.4, 0.5) is 11.4 Å². The number of anilines is 2. The Hall–Kier alpha value is -2.78. The number of carbonyl (C=O) groups excluding carboxylic acids is 1. The van der Waals surface area contributed by atoms with Crippen LogP contribution in [0.2, 0.25) is 0 Å². The third kappa shape index (κ3) is 3.87. The number of hydrogen-bond acceptors (Lipinski definition) is 4. The van der Waals surface area contributed by atoms with E-state index in [2.05, 4.69) is 15.8 Å². The van der Waals surface area contributed by atoms with Crippen LogP contribution in [0.15, 0.2) is 42.5 Å². The summed E-state index contributed by atoms with van der Waals surface area (Å²) in [4.78, 5) is 12.2. The summed E-state index contributed by atoms with van der Waals surface area (Å²) in [6.07, 6.45) is 0. The molecule has 0 spiro atoms. The van der Waals surface area contributed by atoms with Crippen LogP contribution in [-0.2, 0) is 0 Å². The van der Waals surface area contributed by atoms with Gasteiger partial charge in [-0.3, -0.25) is 4.79 Å². The Morgan fingerprint density at radius 2 is 1.91 bits per heavy atom. The highest BCUT2D eigenvalue weighted by atomic mass is 35.5. The predicted octanol–water partition coefficient (Wildman–Crippen LogP) is 0.440. The molecule has 0 saturated heterocycles. The monoisotopic (exact) mass is 318 g/mol. The van der Waals surface area contributed by atoms with E-state index < -0.39 is 0 Å². The van der Waals surface area contributed by atoms with E-state index >= 15 is 0 Å². The van der Waals surface area contributed by atoms with Crippen LogP contribution < -0.4 is 27.9 Å². The molecule has 0 unspecified atom stereocenters. The summed E-state index contributed by atoms with van der Waals surface area (Å²) in [5.41, 5.74) is 4.71. The number of carbonyl (C=O) groups is 1. The molecule has 1 amide bonds. The van der Waals surface area contributed by atoms with Crippen LogP contribution in [0.3, 0.4) is 0 Å². The van der Waals surface area contributed by atoms with Gasteiger partial charge in [-0.25, -0.2) is 0 Å². The van der Waals surface area contributed by atoms with Crippen LogP contribution in [0, 0.1) is 12.3 Å². The quantitative estimate of drug-likeness (QED) is 0.633. The van der Waals surface area contributed by atoms with Gasteiger partial charge in [-0.05, 0) is 42.2 Å². The topological polar surface area (TPSA) is 78.5 Å². The molecule has 114 valence electrons. The zero-order valence-electron chi connectivity index (χ0n) is 12.1. The van der Waals surface area contributed by atoms with Gasteiger partial charge in [0.1, 0.15) is 17.1 Å². The molecule has 0 aromatic heterocycles. The number of halogens is 1. The van der Waals surface area contributed by atoms with Gasteiger partial charge >= 0.3 is 5.08 Å². The van der Waals surface area contributed by atoms with Gasteiger partial charge in [-0.2, -0.15) is 0 Å². The minimum atomic E-state index is -0.279. The number of diazo groups is 1. The molecular formula is C15H15ClN4O2. The highest BCUT2D eigenvalue weighted by molar-refractivity contribution is 6.07. The number of rotatable bonds is 4. The van der Waals surface area contributed by atoms with Crippen molar-refractivity contribution >= 4 is 17.3 Å². The first-order chi connectivity index (χ1) is 10.2. The number of ether oxygens (including phenoxy) is 1. The van der Waals surface area contributed by atoms with E-state index in [-0.39, 0.29) is 18.3 Å². The number of hydrogen-bond donors (Lipinski definition) is 2. The summed E-state index contributed by atoms with van der Waals surface area (Å²) in [5, 5.41) is 14.4. The lowest BCUT2D eigenvalue weighted by Crippen LogP contribution is -3.00. The van der Waals surface area contributed by atoms with Gasteiger partial charge in [0.05, 0.1) is 7.11 Å². The van der Waals surface area contributed by atoms with E-state index in [4.69, 9.17) is 10.1 Å². The van der Waals surface area contributed by atoms with Gasteiger partial charge in [-0.1, -0.05) is 18.2 Å². The molecule has 0 bridgehead atoms. The maximum absolute atomic E-state index is 12.2. The normalized spacial score (nSPS) is 9.14. The van der Waals surface area contributed by atoms with Crippen LogP contribution >= 0.6 is 0 Å².